The molecule has 0 aliphatic rings. The summed E-state index contributed by atoms with van der Waals surface area (Å²) in [6.45, 7) is 3.80. The molecule has 124 valence electrons. The van der Waals surface area contributed by atoms with Crippen LogP contribution in [0.15, 0.2) is 84.0 Å². The average Bonchev–Trinajstić information content (AvgIpc) is 2.67. The van der Waals surface area contributed by atoms with Crippen molar-refractivity contribution in [3.63, 3.8) is 0 Å². The summed E-state index contributed by atoms with van der Waals surface area (Å²) in [7, 11) is 0. The number of benzene rings is 3. The van der Waals surface area contributed by atoms with Gasteiger partial charge >= 0.3 is 0 Å². The minimum absolute atomic E-state index is 0.196. The minimum Gasteiger partial charge on any atom is -0.267 e. The smallest absolute Gasteiger partial charge is 0.267 e. The fourth-order valence-corrected chi connectivity index (χ4v) is 2.62. The van der Waals surface area contributed by atoms with E-state index in [4.69, 9.17) is 0 Å². The van der Waals surface area contributed by atoms with Crippen molar-refractivity contribution in [1.29, 1.82) is 0 Å². The number of carbonyl (C=O) groups is 1. The van der Waals surface area contributed by atoms with Gasteiger partial charge in [-0.05, 0) is 42.2 Å². The highest BCUT2D eigenvalue weighted by Gasteiger charge is 2.07. The maximum Gasteiger partial charge on any atom is 0.271 e. The van der Waals surface area contributed by atoms with E-state index in [0.717, 1.165) is 22.4 Å². The molecule has 0 aliphatic heterocycles. The van der Waals surface area contributed by atoms with Crippen LogP contribution in [0.3, 0.4) is 0 Å². The summed E-state index contributed by atoms with van der Waals surface area (Å²) < 4.78 is 0. The maximum absolute atomic E-state index is 12.2. The second kappa shape index (κ2) is 7.58. The highest BCUT2D eigenvalue weighted by molar-refractivity contribution is 6.01. The quantitative estimate of drug-likeness (QED) is 0.541. The third-order valence-electron chi connectivity index (χ3n) is 4.12. The molecule has 0 radical (unpaired) electrons. The Morgan fingerprint density at radius 3 is 2.08 bits per heavy atom. The van der Waals surface area contributed by atoms with Crippen LogP contribution >= 0.6 is 0 Å². The van der Waals surface area contributed by atoms with Crippen LogP contribution < -0.4 is 5.43 Å². The largest absolute Gasteiger partial charge is 0.271 e. The van der Waals surface area contributed by atoms with E-state index >= 15 is 0 Å². The molecule has 0 spiro atoms. The lowest BCUT2D eigenvalue weighted by Gasteiger charge is -2.06. The first-order chi connectivity index (χ1) is 12.1. The normalized spacial score (nSPS) is 11.2. The fraction of sp³-hybridized carbons (Fsp3) is 0.0909. The third kappa shape index (κ3) is 4.01. The van der Waals surface area contributed by atoms with Gasteiger partial charge in [0.05, 0.1) is 5.71 Å². The number of nitrogens with one attached hydrogen (secondary N) is 1. The van der Waals surface area contributed by atoms with Crippen molar-refractivity contribution in [2.75, 3.05) is 0 Å². The molecule has 3 aromatic rings. The molecule has 3 nitrogen and oxygen atoms in total. The van der Waals surface area contributed by atoms with E-state index in [1.165, 1.54) is 5.56 Å². The number of amides is 1. The van der Waals surface area contributed by atoms with Crippen LogP contribution in [-0.4, -0.2) is 11.6 Å². The Morgan fingerprint density at radius 1 is 0.800 bits per heavy atom. The van der Waals surface area contributed by atoms with Gasteiger partial charge in [-0.25, -0.2) is 5.43 Å². The number of hydrogen-bond donors (Lipinski definition) is 1. The number of nitrogens with zero attached hydrogens (tertiary/aromatic N) is 1. The number of hydrazone groups is 1. The molecule has 1 amide bonds. The number of aryl methyl sites for hydroxylation is 1. The Morgan fingerprint density at radius 2 is 1.40 bits per heavy atom. The lowest BCUT2D eigenvalue weighted by atomic mass is 10.0. The van der Waals surface area contributed by atoms with Gasteiger partial charge in [-0.1, -0.05) is 72.8 Å². The first kappa shape index (κ1) is 16.7. The molecule has 0 aliphatic carbocycles. The van der Waals surface area contributed by atoms with E-state index in [1.54, 1.807) is 6.07 Å². The van der Waals surface area contributed by atoms with Gasteiger partial charge in [-0.2, -0.15) is 5.10 Å². The van der Waals surface area contributed by atoms with E-state index in [9.17, 15) is 4.79 Å². The fourth-order valence-electron chi connectivity index (χ4n) is 2.62. The zero-order valence-electron chi connectivity index (χ0n) is 14.4. The monoisotopic (exact) mass is 328 g/mol. The summed E-state index contributed by atoms with van der Waals surface area (Å²) in [6, 6.07) is 25.8. The van der Waals surface area contributed by atoms with Gasteiger partial charge < -0.3 is 0 Å². The summed E-state index contributed by atoms with van der Waals surface area (Å²) in [5.41, 5.74) is 8.27. The summed E-state index contributed by atoms with van der Waals surface area (Å²) in [6.07, 6.45) is 0. The second-order valence-corrected chi connectivity index (χ2v) is 5.90. The molecular weight excluding hydrogens is 308 g/mol. The molecule has 0 fully saturated rings. The minimum atomic E-state index is -0.196. The second-order valence-electron chi connectivity index (χ2n) is 5.90. The van der Waals surface area contributed by atoms with Gasteiger partial charge in [0.25, 0.3) is 5.91 Å². The Balaban J connectivity index is 1.72. The van der Waals surface area contributed by atoms with Crippen LogP contribution in [-0.2, 0) is 0 Å². The van der Waals surface area contributed by atoms with Gasteiger partial charge in [0.2, 0.25) is 0 Å². The third-order valence-corrected chi connectivity index (χ3v) is 4.12. The summed E-state index contributed by atoms with van der Waals surface area (Å²) in [4.78, 5) is 12.2. The van der Waals surface area contributed by atoms with E-state index in [1.807, 2.05) is 62.4 Å². The van der Waals surface area contributed by atoms with Gasteiger partial charge in [0.15, 0.2) is 0 Å². The van der Waals surface area contributed by atoms with E-state index < -0.39 is 0 Å². The van der Waals surface area contributed by atoms with Gasteiger partial charge in [0, 0.05) is 5.56 Å². The SMILES string of the molecule is C/C(=N\NC(=O)c1ccccc1C)c1ccc(-c2ccccc2)cc1. The van der Waals surface area contributed by atoms with Crippen LogP contribution in [0, 0.1) is 6.92 Å². The predicted octanol–water partition coefficient (Wildman–Crippen LogP) is 4.82. The van der Waals surface area contributed by atoms with Crippen LogP contribution in [0.1, 0.15) is 28.4 Å². The zero-order chi connectivity index (χ0) is 17.6. The van der Waals surface area contributed by atoms with Crippen molar-refractivity contribution < 1.29 is 4.79 Å². The molecule has 3 rings (SSSR count). The van der Waals surface area contributed by atoms with Crippen molar-refractivity contribution in [1.82, 2.24) is 5.43 Å². The summed E-state index contributed by atoms with van der Waals surface area (Å²) >= 11 is 0. The first-order valence-electron chi connectivity index (χ1n) is 8.21. The van der Waals surface area contributed by atoms with Crippen LogP contribution in [0.5, 0.6) is 0 Å². The Hall–Kier alpha value is -3.20. The molecule has 0 heterocycles. The van der Waals surface area contributed by atoms with Crippen molar-refractivity contribution in [3.05, 3.63) is 95.6 Å². The van der Waals surface area contributed by atoms with Gasteiger partial charge in [-0.15, -0.1) is 0 Å². The molecule has 0 atom stereocenters. The molecule has 0 bridgehead atoms. The topological polar surface area (TPSA) is 41.5 Å². The zero-order valence-corrected chi connectivity index (χ0v) is 14.4. The van der Waals surface area contributed by atoms with Crippen molar-refractivity contribution in [2.24, 2.45) is 5.10 Å². The molecular formula is C22H20N2O. The average molecular weight is 328 g/mol. The lowest BCUT2D eigenvalue weighted by Crippen LogP contribution is -2.20. The highest BCUT2D eigenvalue weighted by Crippen LogP contribution is 2.19. The van der Waals surface area contributed by atoms with Crippen LogP contribution in [0.2, 0.25) is 0 Å². The van der Waals surface area contributed by atoms with Crippen LogP contribution in [0.4, 0.5) is 0 Å². The molecule has 3 heteroatoms. The van der Waals surface area contributed by atoms with E-state index in [0.29, 0.717) is 5.56 Å². The van der Waals surface area contributed by atoms with Crippen molar-refractivity contribution in [3.8, 4) is 11.1 Å². The van der Waals surface area contributed by atoms with Crippen molar-refractivity contribution >= 4 is 11.6 Å². The summed E-state index contributed by atoms with van der Waals surface area (Å²) in [5, 5.41) is 4.23. The number of hydrogen-bond acceptors (Lipinski definition) is 2. The standard InChI is InChI=1S/C22H20N2O/c1-16-8-6-7-11-21(16)22(25)24-23-17(2)18-12-14-20(15-13-18)19-9-4-3-5-10-19/h3-15H,1-2H3,(H,24,25)/b23-17+. The molecule has 0 saturated carbocycles. The Kier molecular flexibility index (Phi) is 5.05. The van der Waals surface area contributed by atoms with Crippen LogP contribution in [0.25, 0.3) is 11.1 Å². The maximum atomic E-state index is 12.2. The first-order valence-corrected chi connectivity index (χ1v) is 8.21. The molecule has 1 N–H and O–H groups in total. The number of rotatable bonds is 4. The summed E-state index contributed by atoms with van der Waals surface area (Å²) in [5.74, 6) is -0.196. The van der Waals surface area contributed by atoms with E-state index in [-0.39, 0.29) is 5.91 Å². The number of carbonyl (C=O) groups excluding carboxylic acids is 1. The molecule has 0 unspecified atom stereocenters. The molecule has 3 aromatic carbocycles. The Labute approximate surface area is 148 Å². The predicted molar refractivity (Wildman–Crippen MR) is 103 cm³/mol. The molecule has 25 heavy (non-hydrogen) atoms. The Bertz CT molecular complexity index is 897. The highest BCUT2D eigenvalue weighted by atomic mass is 16.2. The van der Waals surface area contributed by atoms with Crippen molar-refractivity contribution in [2.45, 2.75) is 13.8 Å². The van der Waals surface area contributed by atoms with E-state index in [2.05, 4.69) is 34.8 Å². The molecule has 0 aromatic heterocycles. The lowest BCUT2D eigenvalue weighted by molar-refractivity contribution is 0.0954. The van der Waals surface area contributed by atoms with Gasteiger partial charge in [0.1, 0.15) is 0 Å². The van der Waals surface area contributed by atoms with Gasteiger partial charge in [-0.3, -0.25) is 4.79 Å². The molecule has 0 saturated heterocycles.